The Morgan fingerprint density at radius 1 is 1.04 bits per heavy atom. The Morgan fingerprint density at radius 3 is 2.19 bits per heavy atom. The highest BCUT2D eigenvalue weighted by Crippen LogP contribution is 2.50. The highest BCUT2D eigenvalue weighted by molar-refractivity contribution is 7.12. The second kappa shape index (κ2) is 7.11. The summed E-state index contributed by atoms with van der Waals surface area (Å²) in [7, 11) is 0. The van der Waals surface area contributed by atoms with E-state index in [0.717, 1.165) is 12.1 Å². The molecule has 0 spiro atoms. The zero-order valence-electron chi connectivity index (χ0n) is 15.5. The van der Waals surface area contributed by atoms with Gasteiger partial charge in [0, 0.05) is 33.0 Å². The first-order valence-corrected chi connectivity index (χ1v) is 9.50. The van der Waals surface area contributed by atoms with E-state index in [1.54, 1.807) is 35.6 Å². The summed E-state index contributed by atoms with van der Waals surface area (Å²) in [4.78, 5) is 26.7. The molecule has 1 aromatic heterocycles. The lowest BCUT2D eigenvalue weighted by atomic mass is 10.2. The van der Waals surface area contributed by atoms with Crippen molar-refractivity contribution < 1.29 is 14.3 Å². The van der Waals surface area contributed by atoms with Gasteiger partial charge in [-0.05, 0) is 70.5 Å². The van der Waals surface area contributed by atoms with E-state index >= 15 is 0 Å². The SMILES string of the molecule is Cc1ccc(C2CC2C(=O)Nc2ccc(NC(=O)OC(C)(C)C)cc2)s1. The number of nitrogens with one attached hydrogen (secondary N) is 2. The van der Waals surface area contributed by atoms with Crippen LogP contribution in [0.2, 0.25) is 0 Å². The zero-order valence-corrected chi connectivity index (χ0v) is 16.3. The minimum atomic E-state index is -0.542. The third-order valence-corrected chi connectivity index (χ3v) is 5.18. The summed E-state index contributed by atoms with van der Waals surface area (Å²) < 4.78 is 5.21. The molecule has 2 amide bonds. The van der Waals surface area contributed by atoms with E-state index in [2.05, 4.69) is 29.7 Å². The van der Waals surface area contributed by atoms with E-state index in [1.165, 1.54) is 9.75 Å². The highest BCUT2D eigenvalue weighted by atomic mass is 32.1. The third-order valence-electron chi connectivity index (χ3n) is 4.05. The van der Waals surface area contributed by atoms with Crippen molar-refractivity contribution in [3.05, 3.63) is 46.2 Å². The van der Waals surface area contributed by atoms with Crippen molar-refractivity contribution in [2.24, 2.45) is 5.92 Å². The Bertz CT molecular complexity index is 805. The van der Waals surface area contributed by atoms with E-state index in [4.69, 9.17) is 4.74 Å². The lowest BCUT2D eigenvalue weighted by Crippen LogP contribution is -2.27. The van der Waals surface area contributed by atoms with Crippen LogP contribution in [-0.2, 0) is 9.53 Å². The minimum absolute atomic E-state index is 0.0487. The van der Waals surface area contributed by atoms with Crippen LogP contribution in [0.15, 0.2) is 36.4 Å². The molecule has 5 nitrogen and oxygen atoms in total. The number of aryl methyl sites for hydroxylation is 1. The first-order chi connectivity index (χ1) is 12.2. The molecular weight excluding hydrogens is 348 g/mol. The molecule has 2 aromatic rings. The molecule has 2 unspecified atom stereocenters. The normalized spacial score (nSPS) is 18.9. The van der Waals surface area contributed by atoms with Crippen molar-refractivity contribution in [3.8, 4) is 0 Å². The maximum Gasteiger partial charge on any atom is 0.412 e. The number of anilines is 2. The van der Waals surface area contributed by atoms with Gasteiger partial charge >= 0.3 is 6.09 Å². The number of benzene rings is 1. The van der Waals surface area contributed by atoms with Gasteiger partial charge in [-0.1, -0.05) is 0 Å². The van der Waals surface area contributed by atoms with Gasteiger partial charge < -0.3 is 10.1 Å². The van der Waals surface area contributed by atoms with Crippen molar-refractivity contribution in [1.82, 2.24) is 0 Å². The average Bonchev–Trinajstić information content (AvgIpc) is 3.22. The fraction of sp³-hybridized carbons (Fsp3) is 0.400. The molecule has 6 heteroatoms. The Hall–Kier alpha value is -2.34. The number of carbonyl (C=O) groups is 2. The molecule has 1 saturated carbocycles. The largest absolute Gasteiger partial charge is 0.444 e. The number of ether oxygens (including phenoxy) is 1. The van der Waals surface area contributed by atoms with Crippen molar-refractivity contribution >= 4 is 34.7 Å². The second-order valence-corrected chi connectivity index (χ2v) is 8.91. The van der Waals surface area contributed by atoms with E-state index in [9.17, 15) is 9.59 Å². The van der Waals surface area contributed by atoms with Crippen molar-refractivity contribution in [1.29, 1.82) is 0 Å². The van der Waals surface area contributed by atoms with Gasteiger partial charge in [-0.3, -0.25) is 10.1 Å². The quantitative estimate of drug-likeness (QED) is 0.780. The van der Waals surface area contributed by atoms with Crippen LogP contribution in [0.4, 0.5) is 16.2 Å². The smallest absolute Gasteiger partial charge is 0.412 e. The van der Waals surface area contributed by atoms with Crippen LogP contribution in [0.3, 0.4) is 0 Å². The van der Waals surface area contributed by atoms with Gasteiger partial charge in [0.05, 0.1) is 0 Å². The molecule has 0 saturated heterocycles. The van der Waals surface area contributed by atoms with E-state index in [-0.39, 0.29) is 11.8 Å². The Kier molecular flexibility index (Phi) is 5.05. The lowest BCUT2D eigenvalue weighted by molar-refractivity contribution is -0.117. The lowest BCUT2D eigenvalue weighted by Gasteiger charge is -2.19. The van der Waals surface area contributed by atoms with Crippen LogP contribution in [0.25, 0.3) is 0 Å². The Labute approximate surface area is 157 Å². The van der Waals surface area contributed by atoms with E-state index < -0.39 is 11.7 Å². The van der Waals surface area contributed by atoms with E-state index in [0.29, 0.717) is 11.6 Å². The fourth-order valence-corrected chi connectivity index (χ4v) is 3.80. The number of amides is 2. The molecule has 1 heterocycles. The van der Waals surface area contributed by atoms with Crippen LogP contribution < -0.4 is 10.6 Å². The number of thiophene rings is 1. The first-order valence-electron chi connectivity index (χ1n) is 8.68. The molecule has 3 rings (SSSR count). The summed E-state index contributed by atoms with van der Waals surface area (Å²) in [6.45, 7) is 7.52. The predicted molar refractivity (Wildman–Crippen MR) is 105 cm³/mol. The van der Waals surface area contributed by atoms with Crippen LogP contribution >= 0.6 is 11.3 Å². The minimum Gasteiger partial charge on any atom is -0.444 e. The molecule has 0 aliphatic heterocycles. The summed E-state index contributed by atoms with van der Waals surface area (Å²) in [6.07, 6.45) is 0.408. The predicted octanol–water partition coefficient (Wildman–Crippen LogP) is 5.15. The molecule has 1 aromatic carbocycles. The molecule has 1 aliphatic carbocycles. The summed E-state index contributed by atoms with van der Waals surface area (Å²) in [5.41, 5.74) is 0.799. The number of carbonyl (C=O) groups excluding carboxylic acids is 2. The maximum absolute atomic E-state index is 12.4. The molecule has 1 aliphatic rings. The third kappa shape index (κ3) is 4.85. The van der Waals surface area contributed by atoms with Crippen molar-refractivity contribution in [3.63, 3.8) is 0 Å². The second-order valence-electron chi connectivity index (χ2n) is 7.59. The summed E-state index contributed by atoms with van der Waals surface area (Å²) in [6, 6.07) is 11.3. The van der Waals surface area contributed by atoms with Gasteiger partial charge in [-0.15, -0.1) is 11.3 Å². The van der Waals surface area contributed by atoms with Gasteiger partial charge in [-0.2, -0.15) is 0 Å². The van der Waals surface area contributed by atoms with Crippen molar-refractivity contribution in [2.75, 3.05) is 10.6 Å². The molecule has 1 fully saturated rings. The standard InChI is InChI=1S/C20H24N2O3S/c1-12-5-10-17(26-12)15-11-16(15)18(23)21-13-6-8-14(9-7-13)22-19(24)25-20(2,3)4/h5-10,15-16H,11H2,1-4H3,(H,21,23)(H,22,24). The van der Waals surface area contributed by atoms with Gasteiger partial charge in [0.25, 0.3) is 0 Å². The van der Waals surface area contributed by atoms with Gasteiger partial charge in [0.2, 0.25) is 5.91 Å². The summed E-state index contributed by atoms with van der Waals surface area (Å²) in [5.74, 6) is 0.448. The van der Waals surface area contributed by atoms with Crippen LogP contribution in [0.5, 0.6) is 0 Å². The molecule has 0 radical (unpaired) electrons. The topological polar surface area (TPSA) is 67.4 Å². The molecular formula is C20H24N2O3S. The molecule has 0 bridgehead atoms. The van der Waals surface area contributed by atoms with E-state index in [1.807, 2.05) is 20.8 Å². The number of hydrogen-bond donors (Lipinski definition) is 2. The van der Waals surface area contributed by atoms with Gasteiger partial charge in [-0.25, -0.2) is 4.79 Å². The Balaban J connectivity index is 1.51. The van der Waals surface area contributed by atoms with Crippen LogP contribution in [0, 0.1) is 12.8 Å². The monoisotopic (exact) mass is 372 g/mol. The number of hydrogen-bond acceptors (Lipinski definition) is 4. The maximum atomic E-state index is 12.4. The van der Waals surface area contributed by atoms with Gasteiger partial charge in [0.15, 0.2) is 0 Å². The molecule has 2 atom stereocenters. The molecule has 2 N–H and O–H groups in total. The highest BCUT2D eigenvalue weighted by Gasteiger charge is 2.44. The number of rotatable bonds is 4. The van der Waals surface area contributed by atoms with Crippen LogP contribution in [-0.4, -0.2) is 17.6 Å². The van der Waals surface area contributed by atoms with Crippen molar-refractivity contribution in [2.45, 2.75) is 45.6 Å². The molecule has 26 heavy (non-hydrogen) atoms. The van der Waals surface area contributed by atoms with Crippen LogP contribution in [0.1, 0.15) is 42.9 Å². The summed E-state index contributed by atoms with van der Waals surface area (Å²) >= 11 is 1.77. The first kappa shape index (κ1) is 18.5. The van der Waals surface area contributed by atoms with Gasteiger partial charge in [0.1, 0.15) is 5.60 Å². The summed E-state index contributed by atoms with van der Waals surface area (Å²) in [5, 5.41) is 5.62. The average molecular weight is 372 g/mol. The Morgan fingerprint density at radius 2 is 1.65 bits per heavy atom. The molecule has 138 valence electrons. The fourth-order valence-electron chi connectivity index (χ4n) is 2.75. The zero-order chi connectivity index (χ0) is 18.9.